The largest absolute Gasteiger partial charge is 0.436 e. The van der Waals surface area contributed by atoms with Gasteiger partial charge in [-0.3, -0.25) is 4.79 Å². The van der Waals surface area contributed by atoms with Gasteiger partial charge in [0.15, 0.2) is 5.89 Å². The van der Waals surface area contributed by atoms with Crippen molar-refractivity contribution >= 4 is 16.7 Å². The Kier molecular flexibility index (Phi) is 7.63. The van der Waals surface area contributed by atoms with Crippen molar-refractivity contribution in [3.8, 4) is 0 Å². The summed E-state index contributed by atoms with van der Waals surface area (Å²) in [4.78, 5) is 21.9. The molecule has 3 rings (SSSR count). The van der Waals surface area contributed by atoms with Gasteiger partial charge in [0.1, 0.15) is 0 Å². The van der Waals surface area contributed by atoms with Gasteiger partial charge in [0.2, 0.25) is 5.76 Å². The summed E-state index contributed by atoms with van der Waals surface area (Å²) in [5, 5.41) is 2.40. The van der Waals surface area contributed by atoms with Crippen molar-refractivity contribution in [1.82, 2.24) is 14.8 Å². The molecule has 160 valence electrons. The molecule has 0 bridgehead atoms. The van der Waals surface area contributed by atoms with Gasteiger partial charge in [0.25, 0.3) is 5.91 Å². The number of fused-ring (bicyclic) bond motifs is 1. The van der Waals surface area contributed by atoms with Crippen LogP contribution in [0.5, 0.6) is 0 Å². The van der Waals surface area contributed by atoms with Gasteiger partial charge in [-0.25, -0.2) is 4.98 Å². The fourth-order valence-corrected chi connectivity index (χ4v) is 3.86. The van der Waals surface area contributed by atoms with Gasteiger partial charge in [-0.15, -0.1) is 0 Å². The van der Waals surface area contributed by atoms with Crippen molar-refractivity contribution in [3.63, 3.8) is 0 Å². The minimum absolute atomic E-state index is 0.0795. The molecule has 3 aromatic rings. The van der Waals surface area contributed by atoms with Crippen LogP contribution in [0.25, 0.3) is 10.8 Å². The number of aryl methyl sites for hydroxylation is 2. The zero-order chi connectivity index (χ0) is 21.5. The van der Waals surface area contributed by atoms with E-state index in [0.717, 1.165) is 38.0 Å². The molecule has 0 aliphatic carbocycles. The Morgan fingerprint density at radius 2 is 1.67 bits per heavy atom. The highest BCUT2D eigenvalue weighted by molar-refractivity contribution is 5.92. The number of carbonyl (C=O) groups is 1. The third kappa shape index (κ3) is 5.48. The molecule has 0 radical (unpaired) electrons. The first-order valence-corrected chi connectivity index (χ1v) is 10.9. The Morgan fingerprint density at radius 1 is 0.967 bits per heavy atom. The highest BCUT2D eigenvalue weighted by Crippen LogP contribution is 2.19. The Balaban J connectivity index is 1.75. The monoisotopic (exact) mass is 407 g/mol. The minimum Gasteiger partial charge on any atom is -0.436 e. The van der Waals surface area contributed by atoms with Crippen molar-refractivity contribution in [2.45, 2.75) is 47.1 Å². The first kappa shape index (κ1) is 22.0. The van der Waals surface area contributed by atoms with Crippen LogP contribution in [0.2, 0.25) is 0 Å². The lowest BCUT2D eigenvalue weighted by atomic mass is 10.1. The standard InChI is InChI=1S/C25H33N3O2/c1-5-27(6-2)15-9-10-16-28(25(29)24-19(3)26-20(4)30-24)18-21-13-14-22-11-7-8-12-23(22)17-21/h7-8,11-14,17H,5-6,9-10,15-16,18H2,1-4H3. The van der Waals surface area contributed by atoms with E-state index >= 15 is 0 Å². The number of carbonyl (C=O) groups excluding carboxylic acids is 1. The SMILES string of the molecule is CCN(CC)CCCCN(Cc1ccc2ccccc2c1)C(=O)c1oc(C)nc1C. The number of unbranched alkanes of at least 4 members (excludes halogenated alkanes) is 1. The van der Waals surface area contributed by atoms with Crippen LogP contribution in [0, 0.1) is 13.8 Å². The third-order valence-electron chi connectivity index (χ3n) is 5.62. The Bertz CT molecular complexity index is 975. The van der Waals surface area contributed by atoms with Crippen molar-refractivity contribution in [2.75, 3.05) is 26.2 Å². The number of benzene rings is 2. The van der Waals surface area contributed by atoms with Gasteiger partial charge in [0, 0.05) is 20.0 Å². The summed E-state index contributed by atoms with van der Waals surface area (Å²) < 4.78 is 5.63. The summed E-state index contributed by atoms with van der Waals surface area (Å²) in [5.41, 5.74) is 1.78. The molecule has 0 spiro atoms. The lowest BCUT2D eigenvalue weighted by Gasteiger charge is -2.23. The fraction of sp³-hybridized carbons (Fsp3) is 0.440. The maximum Gasteiger partial charge on any atom is 0.291 e. The second-order valence-corrected chi connectivity index (χ2v) is 7.79. The van der Waals surface area contributed by atoms with Crippen LogP contribution >= 0.6 is 0 Å². The molecular formula is C25H33N3O2. The van der Waals surface area contributed by atoms with E-state index in [9.17, 15) is 4.79 Å². The molecule has 1 amide bonds. The van der Waals surface area contributed by atoms with E-state index in [2.05, 4.69) is 54.1 Å². The molecule has 0 saturated heterocycles. The predicted octanol–water partition coefficient (Wildman–Crippen LogP) is 5.21. The van der Waals surface area contributed by atoms with Gasteiger partial charge < -0.3 is 14.2 Å². The van der Waals surface area contributed by atoms with E-state index in [4.69, 9.17) is 4.42 Å². The van der Waals surface area contributed by atoms with Gasteiger partial charge >= 0.3 is 0 Å². The maximum atomic E-state index is 13.3. The average molecular weight is 408 g/mol. The lowest BCUT2D eigenvalue weighted by molar-refractivity contribution is 0.0704. The molecule has 0 N–H and O–H groups in total. The molecule has 1 aromatic heterocycles. The van der Waals surface area contributed by atoms with Crippen LogP contribution in [0.1, 0.15) is 54.4 Å². The molecule has 5 heteroatoms. The van der Waals surface area contributed by atoms with Crippen LogP contribution in [0.4, 0.5) is 0 Å². The zero-order valence-corrected chi connectivity index (χ0v) is 18.6. The predicted molar refractivity (Wildman–Crippen MR) is 122 cm³/mol. The van der Waals surface area contributed by atoms with Crippen molar-refractivity contribution in [3.05, 3.63) is 65.4 Å². The number of nitrogens with zero attached hydrogens (tertiary/aromatic N) is 3. The Labute approximate surface area is 179 Å². The molecule has 0 unspecified atom stereocenters. The second-order valence-electron chi connectivity index (χ2n) is 7.79. The van der Waals surface area contributed by atoms with Crippen LogP contribution < -0.4 is 0 Å². The normalized spacial score (nSPS) is 11.4. The summed E-state index contributed by atoms with van der Waals surface area (Å²) in [6.07, 6.45) is 2.03. The summed E-state index contributed by atoms with van der Waals surface area (Å²) in [6, 6.07) is 14.7. The summed E-state index contributed by atoms with van der Waals surface area (Å²) in [7, 11) is 0. The zero-order valence-electron chi connectivity index (χ0n) is 18.6. The molecule has 0 saturated carbocycles. The number of hydrogen-bond donors (Lipinski definition) is 0. The quantitative estimate of drug-likeness (QED) is 0.433. The van der Waals surface area contributed by atoms with Gasteiger partial charge in [-0.05, 0) is 61.8 Å². The van der Waals surface area contributed by atoms with Gasteiger partial charge in [-0.2, -0.15) is 0 Å². The lowest BCUT2D eigenvalue weighted by Crippen LogP contribution is -2.32. The van der Waals surface area contributed by atoms with E-state index in [1.807, 2.05) is 24.0 Å². The van der Waals surface area contributed by atoms with Crippen molar-refractivity contribution < 1.29 is 9.21 Å². The molecule has 0 aliphatic rings. The van der Waals surface area contributed by atoms with Gasteiger partial charge in [0.05, 0.1) is 5.69 Å². The van der Waals surface area contributed by atoms with Gasteiger partial charge in [-0.1, -0.05) is 50.2 Å². The Morgan fingerprint density at radius 3 is 2.33 bits per heavy atom. The number of amides is 1. The summed E-state index contributed by atoms with van der Waals surface area (Å²) in [5.74, 6) is 0.809. The van der Waals surface area contributed by atoms with Crippen LogP contribution in [-0.2, 0) is 6.54 Å². The first-order valence-electron chi connectivity index (χ1n) is 10.9. The molecule has 0 aliphatic heterocycles. The molecular weight excluding hydrogens is 374 g/mol. The number of aromatic nitrogens is 1. The van der Waals surface area contributed by atoms with Crippen molar-refractivity contribution in [1.29, 1.82) is 0 Å². The topological polar surface area (TPSA) is 49.6 Å². The van der Waals surface area contributed by atoms with Crippen LogP contribution in [0.15, 0.2) is 46.9 Å². The maximum absolute atomic E-state index is 13.3. The number of oxazole rings is 1. The average Bonchev–Trinajstić information content (AvgIpc) is 3.10. The van der Waals surface area contributed by atoms with E-state index in [-0.39, 0.29) is 5.91 Å². The van der Waals surface area contributed by atoms with E-state index in [0.29, 0.717) is 30.4 Å². The smallest absolute Gasteiger partial charge is 0.291 e. The summed E-state index contributed by atoms with van der Waals surface area (Å²) >= 11 is 0. The molecule has 0 atom stereocenters. The number of rotatable bonds is 10. The highest BCUT2D eigenvalue weighted by Gasteiger charge is 2.23. The first-order chi connectivity index (χ1) is 14.5. The molecule has 30 heavy (non-hydrogen) atoms. The van der Waals surface area contributed by atoms with E-state index in [1.54, 1.807) is 6.92 Å². The van der Waals surface area contributed by atoms with Crippen molar-refractivity contribution in [2.24, 2.45) is 0 Å². The second kappa shape index (κ2) is 10.4. The molecule has 5 nitrogen and oxygen atoms in total. The minimum atomic E-state index is -0.0795. The molecule has 1 heterocycles. The fourth-order valence-electron chi connectivity index (χ4n) is 3.86. The highest BCUT2D eigenvalue weighted by atomic mass is 16.4. The Hall–Kier alpha value is -2.66. The third-order valence-corrected chi connectivity index (χ3v) is 5.62. The summed E-state index contributed by atoms with van der Waals surface area (Å²) in [6.45, 7) is 12.4. The van der Waals surface area contributed by atoms with E-state index in [1.165, 1.54) is 10.8 Å². The van der Waals surface area contributed by atoms with Crippen LogP contribution in [-0.4, -0.2) is 46.9 Å². The molecule has 2 aromatic carbocycles. The number of hydrogen-bond acceptors (Lipinski definition) is 4. The molecule has 0 fully saturated rings. The van der Waals surface area contributed by atoms with E-state index < -0.39 is 0 Å². The van der Waals surface area contributed by atoms with Crippen LogP contribution in [0.3, 0.4) is 0 Å².